The third kappa shape index (κ3) is 6.93. The number of thiazole rings is 1. The molecule has 23 heavy (non-hydrogen) atoms. The van der Waals surface area contributed by atoms with Crippen LogP contribution in [0.2, 0.25) is 0 Å². The Morgan fingerprint density at radius 1 is 1.43 bits per heavy atom. The van der Waals surface area contributed by atoms with E-state index < -0.39 is 0 Å². The van der Waals surface area contributed by atoms with Gasteiger partial charge < -0.3 is 10.6 Å². The average molecular weight is 451 g/mol. The molecule has 2 N–H and O–H groups in total. The average Bonchev–Trinajstić information content (AvgIpc) is 3.00. The second kappa shape index (κ2) is 11.2. The van der Waals surface area contributed by atoms with Gasteiger partial charge in [0.1, 0.15) is 5.01 Å². The molecule has 1 unspecified atom stereocenters. The highest BCUT2D eigenvalue weighted by Crippen LogP contribution is 2.15. The van der Waals surface area contributed by atoms with E-state index in [9.17, 15) is 0 Å². The van der Waals surface area contributed by atoms with Crippen molar-refractivity contribution < 1.29 is 0 Å². The highest BCUT2D eigenvalue weighted by molar-refractivity contribution is 14.0. The zero-order chi connectivity index (χ0) is 15.8. The molecule has 1 aromatic rings. The fraction of sp³-hybridized carbons (Fsp3) is 0.750. The topological polar surface area (TPSA) is 52.6 Å². The SMILES string of the molecule is CCc1cnc(CNC(=NC)NCCN2CCCCC2C)s1.I. The van der Waals surface area contributed by atoms with E-state index in [-0.39, 0.29) is 24.0 Å². The Morgan fingerprint density at radius 3 is 2.91 bits per heavy atom. The summed E-state index contributed by atoms with van der Waals surface area (Å²) in [6.45, 7) is 8.48. The number of aromatic nitrogens is 1. The van der Waals surface area contributed by atoms with E-state index in [1.54, 1.807) is 11.3 Å². The summed E-state index contributed by atoms with van der Waals surface area (Å²) in [5, 5.41) is 7.86. The number of aliphatic imine (C=N–C) groups is 1. The van der Waals surface area contributed by atoms with Gasteiger partial charge in [0.2, 0.25) is 0 Å². The molecule has 7 heteroatoms. The molecule has 1 fully saturated rings. The van der Waals surface area contributed by atoms with Crippen molar-refractivity contribution >= 4 is 41.3 Å². The lowest BCUT2D eigenvalue weighted by Crippen LogP contribution is -2.45. The van der Waals surface area contributed by atoms with Crippen molar-refractivity contribution in [3.8, 4) is 0 Å². The Labute approximate surface area is 161 Å². The smallest absolute Gasteiger partial charge is 0.191 e. The number of likely N-dealkylation sites (tertiary alicyclic amines) is 1. The van der Waals surface area contributed by atoms with E-state index in [1.165, 1.54) is 30.7 Å². The van der Waals surface area contributed by atoms with Crippen LogP contribution in [0.5, 0.6) is 0 Å². The van der Waals surface area contributed by atoms with Crippen molar-refractivity contribution in [2.75, 3.05) is 26.7 Å². The maximum Gasteiger partial charge on any atom is 0.191 e. The quantitative estimate of drug-likeness (QED) is 0.397. The molecule has 2 heterocycles. The minimum absolute atomic E-state index is 0. The fourth-order valence-electron chi connectivity index (χ4n) is 2.78. The molecule has 0 saturated carbocycles. The lowest BCUT2D eigenvalue weighted by Gasteiger charge is -2.33. The summed E-state index contributed by atoms with van der Waals surface area (Å²) in [5.41, 5.74) is 0. The Balaban J connectivity index is 0.00000264. The van der Waals surface area contributed by atoms with Gasteiger partial charge in [0.15, 0.2) is 5.96 Å². The van der Waals surface area contributed by atoms with Crippen LogP contribution >= 0.6 is 35.3 Å². The number of guanidine groups is 1. The fourth-order valence-corrected chi connectivity index (χ4v) is 3.58. The van der Waals surface area contributed by atoms with Gasteiger partial charge in [-0.3, -0.25) is 9.89 Å². The lowest BCUT2D eigenvalue weighted by molar-refractivity contribution is 0.163. The van der Waals surface area contributed by atoms with Gasteiger partial charge in [0.25, 0.3) is 0 Å². The van der Waals surface area contributed by atoms with E-state index in [2.05, 4.69) is 39.4 Å². The standard InChI is InChI=1S/C16H29N5S.HI/c1-4-14-11-19-15(22-14)12-20-16(17-3)18-8-10-21-9-6-5-7-13(21)2;/h11,13H,4-10,12H2,1-3H3,(H2,17,18,20);1H. The summed E-state index contributed by atoms with van der Waals surface area (Å²) in [4.78, 5) is 12.6. The molecular formula is C16H30IN5S. The van der Waals surface area contributed by atoms with Gasteiger partial charge in [-0.05, 0) is 32.7 Å². The van der Waals surface area contributed by atoms with Crippen molar-refractivity contribution in [3.05, 3.63) is 16.1 Å². The first-order valence-corrected chi connectivity index (χ1v) is 9.16. The van der Waals surface area contributed by atoms with Crippen LogP contribution in [0, 0.1) is 0 Å². The van der Waals surface area contributed by atoms with Crippen molar-refractivity contribution in [1.82, 2.24) is 20.5 Å². The number of halogens is 1. The Kier molecular flexibility index (Phi) is 10.0. The van der Waals surface area contributed by atoms with Gasteiger partial charge in [0.05, 0.1) is 6.54 Å². The molecule has 1 atom stereocenters. The predicted octanol–water partition coefficient (Wildman–Crippen LogP) is 2.86. The van der Waals surface area contributed by atoms with Crippen LogP contribution in [0.25, 0.3) is 0 Å². The molecule has 5 nitrogen and oxygen atoms in total. The normalized spacial score (nSPS) is 19.3. The van der Waals surface area contributed by atoms with Crippen molar-refractivity contribution in [2.45, 2.75) is 52.1 Å². The molecule has 0 aromatic carbocycles. The third-order valence-electron chi connectivity index (χ3n) is 4.21. The number of hydrogen-bond acceptors (Lipinski definition) is 4. The Hall–Kier alpha value is -0.410. The van der Waals surface area contributed by atoms with Crippen LogP contribution in [-0.4, -0.2) is 48.6 Å². The molecule has 1 aliphatic heterocycles. The van der Waals surface area contributed by atoms with E-state index in [0.717, 1.165) is 37.0 Å². The number of hydrogen-bond donors (Lipinski definition) is 2. The first-order chi connectivity index (χ1) is 10.7. The van der Waals surface area contributed by atoms with Gasteiger partial charge in [-0.1, -0.05) is 13.3 Å². The van der Waals surface area contributed by atoms with Crippen LogP contribution in [-0.2, 0) is 13.0 Å². The molecule has 0 amide bonds. The Bertz CT molecular complexity index is 477. The van der Waals surface area contributed by atoms with Crippen LogP contribution < -0.4 is 10.6 Å². The molecule has 0 radical (unpaired) electrons. The summed E-state index contributed by atoms with van der Waals surface area (Å²) >= 11 is 1.77. The molecule has 0 aliphatic carbocycles. The first-order valence-electron chi connectivity index (χ1n) is 8.35. The van der Waals surface area contributed by atoms with E-state index >= 15 is 0 Å². The van der Waals surface area contributed by atoms with Crippen LogP contribution in [0.15, 0.2) is 11.2 Å². The van der Waals surface area contributed by atoms with Crippen molar-refractivity contribution in [3.63, 3.8) is 0 Å². The van der Waals surface area contributed by atoms with Crippen LogP contribution in [0.3, 0.4) is 0 Å². The van der Waals surface area contributed by atoms with Gasteiger partial charge in [0, 0.05) is 37.3 Å². The molecule has 132 valence electrons. The molecule has 1 aliphatic rings. The zero-order valence-electron chi connectivity index (χ0n) is 14.5. The molecule has 0 bridgehead atoms. The predicted molar refractivity (Wildman–Crippen MR) is 110 cm³/mol. The van der Waals surface area contributed by atoms with E-state index in [0.29, 0.717) is 6.04 Å². The number of aryl methyl sites for hydroxylation is 1. The largest absolute Gasteiger partial charge is 0.355 e. The summed E-state index contributed by atoms with van der Waals surface area (Å²) in [5.74, 6) is 0.859. The van der Waals surface area contributed by atoms with Gasteiger partial charge >= 0.3 is 0 Å². The summed E-state index contributed by atoms with van der Waals surface area (Å²) < 4.78 is 0. The third-order valence-corrected chi connectivity index (χ3v) is 5.35. The number of nitrogens with zero attached hydrogens (tertiary/aromatic N) is 3. The van der Waals surface area contributed by atoms with Crippen molar-refractivity contribution in [1.29, 1.82) is 0 Å². The van der Waals surface area contributed by atoms with Gasteiger partial charge in [-0.2, -0.15) is 0 Å². The maximum atomic E-state index is 4.42. The molecule has 2 rings (SSSR count). The molecule has 1 aromatic heterocycles. The van der Waals surface area contributed by atoms with Crippen LogP contribution in [0.4, 0.5) is 0 Å². The second-order valence-corrected chi connectivity index (χ2v) is 7.01. The van der Waals surface area contributed by atoms with Gasteiger partial charge in [-0.25, -0.2) is 4.98 Å². The monoisotopic (exact) mass is 451 g/mol. The van der Waals surface area contributed by atoms with Crippen molar-refractivity contribution in [2.24, 2.45) is 4.99 Å². The molecular weight excluding hydrogens is 421 g/mol. The van der Waals surface area contributed by atoms with E-state index in [1.807, 2.05) is 13.2 Å². The summed E-state index contributed by atoms with van der Waals surface area (Å²) in [6.07, 6.45) is 7.06. The number of rotatable bonds is 6. The van der Waals surface area contributed by atoms with E-state index in [4.69, 9.17) is 0 Å². The summed E-state index contributed by atoms with van der Waals surface area (Å²) in [7, 11) is 1.82. The lowest BCUT2D eigenvalue weighted by atomic mass is 10.0. The number of nitrogens with one attached hydrogen (secondary N) is 2. The van der Waals surface area contributed by atoms with Gasteiger partial charge in [-0.15, -0.1) is 35.3 Å². The Morgan fingerprint density at radius 2 is 2.26 bits per heavy atom. The highest BCUT2D eigenvalue weighted by atomic mass is 127. The minimum atomic E-state index is 0. The molecule has 0 spiro atoms. The first kappa shape index (κ1) is 20.6. The molecule has 1 saturated heterocycles. The highest BCUT2D eigenvalue weighted by Gasteiger charge is 2.17. The van der Waals surface area contributed by atoms with Crippen LogP contribution in [0.1, 0.15) is 43.0 Å². The minimum Gasteiger partial charge on any atom is -0.355 e. The number of piperidine rings is 1. The zero-order valence-corrected chi connectivity index (χ0v) is 17.6. The second-order valence-electron chi connectivity index (χ2n) is 5.81. The maximum absolute atomic E-state index is 4.42. The summed E-state index contributed by atoms with van der Waals surface area (Å²) in [6, 6.07) is 0.716.